The minimum atomic E-state index is -2.40. The molecule has 29 heavy (non-hydrogen) atoms. The molecule has 1 aliphatic rings. The summed E-state index contributed by atoms with van der Waals surface area (Å²) >= 11 is 0. The highest BCUT2D eigenvalue weighted by Gasteiger charge is 2.38. The molecule has 0 saturated carbocycles. The van der Waals surface area contributed by atoms with Gasteiger partial charge in [-0.3, -0.25) is 0 Å². The van der Waals surface area contributed by atoms with Crippen LogP contribution < -0.4 is 15.9 Å². The van der Waals surface area contributed by atoms with Crippen molar-refractivity contribution in [2.24, 2.45) is 0 Å². The second-order valence-electron chi connectivity index (χ2n) is 6.92. The van der Waals surface area contributed by atoms with Crippen LogP contribution in [0.25, 0.3) is 0 Å². The number of hydrogen-bond acceptors (Lipinski definition) is 2. The third kappa shape index (κ3) is 2.76. The van der Waals surface area contributed by atoms with E-state index in [9.17, 15) is 4.79 Å². The Bertz CT molecular complexity index is 1130. The van der Waals surface area contributed by atoms with Crippen LogP contribution in [-0.2, 0) is 4.74 Å². The molecule has 0 bridgehead atoms. The Labute approximate surface area is 170 Å². The van der Waals surface area contributed by atoms with Gasteiger partial charge in [0.15, 0.2) is 0 Å². The Balaban J connectivity index is 2.03. The first-order chi connectivity index (χ1) is 14.3. The van der Waals surface area contributed by atoms with Crippen molar-refractivity contribution in [2.45, 2.75) is 0 Å². The average molecular weight is 394 g/mol. The molecule has 3 heteroatoms. The van der Waals surface area contributed by atoms with Crippen molar-refractivity contribution in [3.05, 3.63) is 126 Å². The second-order valence-corrected chi connectivity index (χ2v) is 10.2. The number of carbonyl (C=O) groups is 1. The zero-order chi connectivity index (χ0) is 19.7. The molecule has 0 fully saturated rings. The molecule has 0 atom stereocenters. The summed E-state index contributed by atoms with van der Waals surface area (Å²) in [5.74, 6) is -0.275. The first kappa shape index (κ1) is 17.7. The van der Waals surface area contributed by atoms with Gasteiger partial charge in [0.1, 0.15) is 5.48 Å². The lowest BCUT2D eigenvalue weighted by atomic mass is 10.1. The molecule has 1 aliphatic heterocycles. The van der Waals surface area contributed by atoms with Crippen molar-refractivity contribution in [3.8, 4) is 0 Å². The molecule has 0 radical (unpaired) electrons. The SMILES string of the molecule is O=C1OC(=P(c2ccccc2)(c2ccccc2)c2ccccc2)c2ccccc21. The topological polar surface area (TPSA) is 26.3 Å². The highest BCUT2D eigenvalue weighted by molar-refractivity contribution is 7.95. The molecule has 0 N–H and O–H groups in total. The molecule has 1 heterocycles. The zero-order valence-corrected chi connectivity index (χ0v) is 16.6. The van der Waals surface area contributed by atoms with Gasteiger partial charge in [-0.2, -0.15) is 0 Å². The smallest absolute Gasteiger partial charge is 0.344 e. The van der Waals surface area contributed by atoms with Crippen molar-refractivity contribution in [1.82, 2.24) is 0 Å². The lowest BCUT2D eigenvalue weighted by Gasteiger charge is -2.30. The molecular weight excluding hydrogens is 375 g/mol. The van der Waals surface area contributed by atoms with Crippen LogP contribution in [-0.4, -0.2) is 11.4 Å². The van der Waals surface area contributed by atoms with Crippen LogP contribution in [0.2, 0.25) is 0 Å². The molecule has 2 nitrogen and oxygen atoms in total. The van der Waals surface area contributed by atoms with E-state index in [0.29, 0.717) is 5.56 Å². The van der Waals surface area contributed by atoms with Gasteiger partial charge in [-0.05, 0) is 22.0 Å². The Morgan fingerprint density at radius 1 is 0.483 bits per heavy atom. The number of carbonyl (C=O) groups excluding carboxylic acids is 1. The van der Waals surface area contributed by atoms with E-state index < -0.39 is 6.89 Å². The fraction of sp³-hybridized carbons (Fsp3) is 0. The predicted octanol–water partition coefficient (Wildman–Crippen LogP) is 4.33. The van der Waals surface area contributed by atoms with Crippen LogP contribution in [0.3, 0.4) is 0 Å². The van der Waals surface area contributed by atoms with Gasteiger partial charge in [0, 0.05) is 12.4 Å². The Morgan fingerprint density at radius 2 is 0.862 bits per heavy atom. The molecule has 140 valence electrons. The van der Waals surface area contributed by atoms with Gasteiger partial charge in [0.2, 0.25) is 0 Å². The van der Waals surface area contributed by atoms with Crippen molar-refractivity contribution >= 4 is 34.2 Å². The molecule has 0 aliphatic carbocycles. The maximum atomic E-state index is 12.8. The zero-order valence-electron chi connectivity index (χ0n) is 15.7. The summed E-state index contributed by atoms with van der Waals surface area (Å²) in [6.07, 6.45) is 0. The molecule has 0 spiro atoms. The number of hydrogen-bond donors (Lipinski definition) is 0. The molecular formula is C26H19O2P. The first-order valence-electron chi connectivity index (χ1n) is 9.57. The summed E-state index contributed by atoms with van der Waals surface area (Å²) in [7, 11) is 0. The van der Waals surface area contributed by atoms with Gasteiger partial charge in [-0.1, -0.05) is 109 Å². The highest BCUT2D eigenvalue weighted by Crippen LogP contribution is 2.49. The summed E-state index contributed by atoms with van der Waals surface area (Å²) in [6.45, 7) is -2.40. The lowest BCUT2D eigenvalue weighted by Crippen LogP contribution is -2.30. The number of esters is 1. The van der Waals surface area contributed by atoms with Gasteiger partial charge in [-0.25, -0.2) is 4.79 Å². The number of cyclic esters (lactones) is 1. The van der Waals surface area contributed by atoms with E-state index in [4.69, 9.17) is 4.74 Å². The summed E-state index contributed by atoms with van der Waals surface area (Å²) in [5, 5.41) is 3.49. The largest absolute Gasteiger partial charge is 0.421 e. The van der Waals surface area contributed by atoms with E-state index in [0.717, 1.165) is 27.0 Å². The highest BCUT2D eigenvalue weighted by atomic mass is 31.2. The second kappa shape index (κ2) is 7.24. The normalized spacial score (nSPS) is 13.1. The quantitative estimate of drug-likeness (QED) is 0.382. The monoisotopic (exact) mass is 394 g/mol. The molecule has 4 aromatic carbocycles. The van der Waals surface area contributed by atoms with E-state index in [1.807, 2.05) is 42.5 Å². The Hall–Kier alpha value is -3.35. The number of ether oxygens (including phenoxy) is 1. The lowest BCUT2D eigenvalue weighted by molar-refractivity contribution is 0.0741. The van der Waals surface area contributed by atoms with Gasteiger partial charge >= 0.3 is 5.97 Å². The van der Waals surface area contributed by atoms with Gasteiger partial charge < -0.3 is 4.74 Å². The molecule has 0 aromatic heterocycles. The maximum absolute atomic E-state index is 12.8. The minimum Gasteiger partial charge on any atom is -0.421 e. The van der Waals surface area contributed by atoms with E-state index in [2.05, 4.69) is 72.8 Å². The summed E-state index contributed by atoms with van der Waals surface area (Å²) < 4.78 is 6.09. The summed E-state index contributed by atoms with van der Waals surface area (Å²) in [4.78, 5) is 12.8. The van der Waals surface area contributed by atoms with Crippen LogP contribution in [0, 0.1) is 0 Å². The summed E-state index contributed by atoms with van der Waals surface area (Å²) in [5.41, 5.74) is 2.29. The van der Waals surface area contributed by atoms with E-state index in [1.54, 1.807) is 0 Å². The number of rotatable bonds is 3. The van der Waals surface area contributed by atoms with E-state index in [-0.39, 0.29) is 5.97 Å². The third-order valence-corrected chi connectivity index (χ3v) is 9.46. The van der Waals surface area contributed by atoms with Crippen LogP contribution in [0.1, 0.15) is 15.9 Å². The molecule has 0 amide bonds. The van der Waals surface area contributed by atoms with Gasteiger partial charge in [0.25, 0.3) is 0 Å². The number of benzene rings is 4. The minimum absolute atomic E-state index is 0.275. The Kier molecular flexibility index (Phi) is 4.42. The molecule has 0 saturated heterocycles. The van der Waals surface area contributed by atoms with Crippen molar-refractivity contribution in [2.75, 3.05) is 0 Å². The number of fused-ring (bicyclic) bond motifs is 1. The maximum Gasteiger partial charge on any atom is 0.344 e. The van der Waals surface area contributed by atoms with E-state index in [1.165, 1.54) is 0 Å². The average Bonchev–Trinajstić information content (AvgIpc) is 3.14. The predicted molar refractivity (Wildman–Crippen MR) is 121 cm³/mol. The van der Waals surface area contributed by atoms with Crippen LogP contribution >= 0.6 is 6.89 Å². The van der Waals surface area contributed by atoms with Crippen molar-refractivity contribution < 1.29 is 9.53 Å². The van der Waals surface area contributed by atoms with Crippen LogP contribution in [0.5, 0.6) is 0 Å². The first-order valence-corrected chi connectivity index (χ1v) is 11.4. The Morgan fingerprint density at radius 3 is 1.31 bits per heavy atom. The molecule has 4 aromatic rings. The van der Waals surface area contributed by atoms with Gasteiger partial charge in [0.05, 0.1) is 5.56 Å². The third-order valence-electron chi connectivity index (χ3n) is 5.30. The van der Waals surface area contributed by atoms with Crippen molar-refractivity contribution in [3.63, 3.8) is 0 Å². The van der Waals surface area contributed by atoms with Crippen LogP contribution in [0.4, 0.5) is 0 Å². The molecule has 5 rings (SSSR count). The van der Waals surface area contributed by atoms with Crippen LogP contribution in [0.15, 0.2) is 115 Å². The van der Waals surface area contributed by atoms with E-state index >= 15 is 0 Å². The van der Waals surface area contributed by atoms with Crippen molar-refractivity contribution in [1.29, 1.82) is 0 Å². The van der Waals surface area contributed by atoms with Gasteiger partial charge in [-0.15, -0.1) is 0 Å². The standard InChI is InChI=1S/C26H19O2P/c27-25-23-18-10-11-19-24(23)26(28-25)29(20-12-4-1-5-13-20,21-14-6-2-7-15-21)22-16-8-3-9-17-22/h1-19H. The fourth-order valence-electron chi connectivity index (χ4n) is 4.05. The molecule has 0 unspecified atom stereocenters. The fourth-order valence-corrected chi connectivity index (χ4v) is 8.28. The summed E-state index contributed by atoms with van der Waals surface area (Å²) in [6, 6.07) is 39.0.